The van der Waals surface area contributed by atoms with Gasteiger partial charge in [-0.1, -0.05) is 60.7 Å². The van der Waals surface area contributed by atoms with Gasteiger partial charge in [-0.2, -0.15) is 0 Å². The first-order valence-corrected chi connectivity index (χ1v) is 9.09. The zero-order valence-corrected chi connectivity index (χ0v) is 15.0. The Hall–Kier alpha value is -3.07. The van der Waals surface area contributed by atoms with Crippen molar-refractivity contribution in [1.82, 2.24) is 9.38 Å². The van der Waals surface area contributed by atoms with Crippen LogP contribution in [0.1, 0.15) is 22.4 Å². The molecular formula is C23H23N3. The number of pyridine rings is 1. The van der Waals surface area contributed by atoms with Gasteiger partial charge in [0.2, 0.25) is 0 Å². The van der Waals surface area contributed by atoms with Crippen LogP contribution in [0.5, 0.6) is 0 Å². The zero-order chi connectivity index (χ0) is 17.8. The summed E-state index contributed by atoms with van der Waals surface area (Å²) in [5, 5.41) is 3.61. The minimum Gasteiger partial charge on any atom is -0.366 e. The Balaban J connectivity index is 1.62. The number of hydrogen-bond acceptors (Lipinski definition) is 2. The van der Waals surface area contributed by atoms with Gasteiger partial charge >= 0.3 is 0 Å². The van der Waals surface area contributed by atoms with Gasteiger partial charge in [-0.15, -0.1) is 0 Å². The standard InChI is InChI=1S/C23H23N3/c1-18-14-15-26-22(16-18)25-21(13-12-19-8-4-2-5-9-19)23(26)24-17-20-10-6-3-7-11-20/h2-11,14-16,24H,12-13,17H2,1H3. The summed E-state index contributed by atoms with van der Waals surface area (Å²) >= 11 is 0. The van der Waals surface area contributed by atoms with E-state index in [1.807, 2.05) is 6.07 Å². The lowest BCUT2D eigenvalue weighted by Gasteiger charge is -2.09. The molecule has 3 nitrogen and oxygen atoms in total. The largest absolute Gasteiger partial charge is 0.366 e. The second-order valence-corrected chi connectivity index (χ2v) is 6.66. The average molecular weight is 341 g/mol. The highest BCUT2D eigenvalue weighted by atomic mass is 15.1. The lowest BCUT2D eigenvalue weighted by Crippen LogP contribution is -2.05. The van der Waals surface area contributed by atoms with E-state index in [0.29, 0.717) is 0 Å². The number of rotatable bonds is 6. The van der Waals surface area contributed by atoms with Crippen LogP contribution < -0.4 is 5.32 Å². The number of aryl methyl sites for hydroxylation is 3. The molecule has 0 spiro atoms. The quantitative estimate of drug-likeness (QED) is 0.532. The Morgan fingerprint density at radius 3 is 2.27 bits per heavy atom. The topological polar surface area (TPSA) is 29.3 Å². The zero-order valence-electron chi connectivity index (χ0n) is 15.0. The molecule has 4 aromatic rings. The number of benzene rings is 2. The van der Waals surface area contributed by atoms with Crippen LogP contribution in [0.4, 0.5) is 5.82 Å². The maximum Gasteiger partial charge on any atom is 0.138 e. The molecule has 4 rings (SSSR count). The highest BCUT2D eigenvalue weighted by Gasteiger charge is 2.12. The second-order valence-electron chi connectivity index (χ2n) is 6.66. The van der Waals surface area contributed by atoms with Crippen molar-refractivity contribution in [1.29, 1.82) is 0 Å². The van der Waals surface area contributed by atoms with Crippen molar-refractivity contribution < 1.29 is 0 Å². The number of imidazole rings is 1. The lowest BCUT2D eigenvalue weighted by molar-refractivity contribution is 0.923. The molecule has 0 aliphatic rings. The summed E-state index contributed by atoms with van der Waals surface area (Å²) in [4.78, 5) is 4.90. The molecule has 130 valence electrons. The summed E-state index contributed by atoms with van der Waals surface area (Å²) in [7, 11) is 0. The number of fused-ring (bicyclic) bond motifs is 1. The molecule has 26 heavy (non-hydrogen) atoms. The molecule has 0 atom stereocenters. The molecule has 3 heteroatoms. The Labute approximate surface area is 154 Å². The third kappa shape index (κ3) is 3.62. The molecule has 0 saturated heterocycles. The average Bonchev–Trinajstić information content (AvgIpc) is 3.03. The maximum atomic E-state index is 4.90. The first-order chi connectivity index (χ1) is 12.8. The molecule has 0 saturated carbocycles. The number of anilines is 1. The minimum absolute atomic E-state index is 0.793. The normalized spacial score (nSPS) is 11.0. The fraction of sp³-hybridized carbons (Fsp3) is 0.174. The summed E-state index contributed by atoms with van der Waals surface area (Å²) in [5.41, 5.74) is 5.96. The molecule has 0 fully saturated rings. The molecule has 0 amide bonds. The SMILES string of the molecule is Cc1ccn2c(NCc3ccccc3)c(CCc3ccccc3)nc2c1. The summed E-state index contributed by atoms with van der Waals surface area (Å²) in [6.45, 7) is 2.90. The third-order valence-corrected chi connectivity index (χ3v) is 4.65. The van der Waals surface area contributed by atoms with Gasteiger partial charge in [0.25, 0.3) is 0 Å². The molecule has 2 aromatic carbocycles. The smallest absolute Gasteiger partial charge is 0.138 e. The molecule has 0 aliphatic carbocycles. The molecule has 1 N–H and O–H groups in total. The fourth-order valence-electron chi connectivity index (χ4n) is 3.25. The van der Waals surface area contributed by atoms with Crippen LogP contribution in [0, 0.1) is 6.92 Å². The first kappa shape index (κ1) is 16.4. The van der Waals surface area contributed by atoms with Gasteiger partial charge in [0.1, 0.15) is 11.5 Å². The van der Waals surface area contributed by atoms with E-state index in [-0.39, 0.29) is 0 Å². The molecule has 0 radical (unpaired) electrons. The van der Waals surface area contributed by atoms with Gasteiger partial charge in [0.05, 0.1) is 5.69 Å². The van der Waals surface area contributed by atoms with Gasteiger partial charge < -0.3 is 5.32 Å². The maximum absolute atomic E-state index is 4.90. The third-order valence-electron chi connectivity index (χ3n) is 4.65. The van der Waals surface area contributed by atoms with E-state index in [0.717, 1.165) is 36.5 Å². The Kier molecular flexibility index (Phi) is 4.69. The Morgan fingerprint density at radius 2 is 1.54 bits per heavy atom. The molecular weight excluding hydrogens is 318 g/mol. The summed E-state index contributed by atoms with van der Waals surface area (Å²) in [6.07, 6.45) is 4.02. The van der Waals surface area contributed by atoms with Gasteiger partial charge in [-0.3, -0.25) is 4.40 Å². The van der Waals surface area contributed by atoms with E-state index >= 15 is 0 Å². The summed E-state index contributed by atoms with van der Waals surface area (Å²) in [5.74, 6) is 1.10. The highest BCUT2D eigenvalue weighted by molar-refractivity contribution is 5.56. The van der Waals surface area contributed by atoms with Gasteiger partial charge in [-0.05, 0) is 48.6 Å². The molecule has 0 aliphatic heterocycles. The van der Waals surface area contributed by atoms with E-state index in [4.69, 9.17) is 4.98 Å². The highest BCUT2D eigenvalue weighted by Crippen LogP contribution is 2.22. The van der Waals surface area contributed by atoms with E-state index < -0.39 is 0 Å². The number of nitrogens with one attached hydrogen (secondary N) is 1. The number of nitrogens with zero attached hydrogens (tertiary/aromatic N) is 2. The van der Waals surface area contributed by atoms with Crippen LogP contribution in [-0.4, -0.2) is 9.38 Å². The number of hydrogen-bond donors (Lipinski definition) is 1. The van der Waals surface area contributed by atoms with Crippen molar-refractivity contribution >= 4 is 11.5 Å². The van der Waals surface area contributed by atoms with Crippen LogP contribution in [0.25, 0.3) is 5.65 Å². The monoisotopic (exact) mass is 341 g/mol. The van der Waals surface area contributed by atoms with Crippen molar-refractivity contribution in [2.75, 3.05) is 5.32 Å². The summed E-state index contributed by atoms with van der Waals surface area (Å²) in [6, 6.07) is 25.4. The van der Waals surface area contributed by atoms with Gasteiger partial charge in [-0.25, -0.2) is 4.98 Å². The Bertz CT molecular complexity index is 988. The number of aromatic nitrogens is 2. The van der Waals surface area contributed by atoms with E-state index in [1.54, 1.807) is 0 Å². The van der Waals surface area contributed by atoms with Crippen LogP contribution in [-0.2, 0) is 19.4 Å². The second kappa shape index (κ2) is 7.44. The predicted molar refractivity (Wildman–Crippen MR) is 108 cm³/mol. The Morgan fingerprint density at radius 1 is 0.846 bits per heavy atom. The predicted octanol–water partition coefficient (Wildman–Crippen LogP) is 5.04. The molecule has 2 aromatic heterocycles. The first-order valence-electron chi connectivity index (χ1n) is 9.09. The van der Waals surface area contributed by atoms with E-state index in [9.17, 15) is 0 Å². The van der Waals surface area contributed by atoms with E-state index in [2.05, 4.69) is 89.6 Å². The summed E-state index contributed by atoms with van der Waals surface area (Å²) < 4.78 is 2.16. The van der Waals surface area contributed by atoms with Crippen LogP contribution >= 0.6 is 0 Å². The van der Waals surface area contributed by atoms with Gasteiger partial charge in [0.15, 0.2) is 0 Å². The van der Waals surface area contributed by atoms with Crippen molar-refractivity contribution in [2.45, 2.75) is 26.3 Å². The van der Waals surface area contributed by atoms with Crippen LogP contribution in [0.15, 0.2) is 79.0 Å². The van der Waals surface area contributed by atoms with Crippen molar-refractivity contribution in [3.8, 4) is 0 Å². The fourth-order valence-corrected chi connectivity index (χ4v) is 3.25. The molecule has 0 bridgehead atoms. The molecule has 2 heterocycles. The van der Waals surface area contributed by atoms with Crippen molar-refractivity contribution in [2.24, 2.45) is 0 Å². The minimum atomic E-state index is 0.793. The van der Waals surface area contributed by atoms with Gasteiger partial charge in [0, 0.05) is 12.7 Å². The van der Waals surface area contributed by atoms with Crippen LogP contribution in [0.2, 0.25) is 0 Å². The lowest BCUT2D eigenvalue weighted by atomic mass is 10.1. The van der Waals surface area contributed by atoms with Crippen molar-refractivity contribution in [3.05, 3.63) is 101 Å². The van der Waals surface area contributed by atoms with E-state index in [1.165, 1.54) is 16.7 Å². The molecule has 0 unspecified atom stereocenters. The van der Waals surface area contributed by atoms with Crippen LogP contribution in [0.3, 0.4) is 0 Å². The van der Waals surface area contributed by atoms with Crippen molar-refractivity contribution in [3.63, 3.8) is 0 Å².